The van der Waals surface area contributed by atoms with Gasteiger partial charge in [0, 0.05) is 27.3 Å². The molecule has 8 aromatic rings. The first-order valence-corrected chi connectivity index (χ1v) is 18.2. The van der Waals surface area contributed by atoms with Gasteiger partial charge in [-0.1, -0.05) is 168 Å². The van der Waals surface area contributed by atoms with Crippen LogP contribution < -0.4 is 4.90 Å². The summed E-state index contributed by atoms with van der Waals surface area (Å²) in [5, 5.41) is 0. The molecule has 1 aliphatic carbocycles. The van der Waals surface area contributed by atoms with Crippen LogP contribution >= 0.6 is 15.9 Å². The fourth-order valence-corrected chi connectivity index (χ4v) is 7.88. The predicted octanol–water partition coefficient (Wildman–Crippen LogP) is 14.1. The molecular formula is C49H34BrN. The molecule has 0 saturated carbocycles. The third-order valence-electron chi connectivity index (χ3n) is 10.0. The summed E-state index contributed by atoms with van der Waals surface area (Å²) >= 11 is 3.57. The van der Waals surface area contributed by atoms with E-state index in [1.807, 2.05) is 0 Å². The normalized spacial score (nSPS) is 13.0. The van der Waals surface area contributed by atoms with Gasteiger partial charge in [0.15, 0.2) is 0 Å². The van der Waals surface area contributed by atoms with Crippen LogP contribution in [0.3, 0.4) is 0 Å². The van der Waals surface area contributed by atoms with Crippen LogP contribution in [0.5, 0.6) is 0 Å². The number of fused-ring (bicyclic) bond motifs is 3. The number of halogens is 1. The zero-order valence-electron chi connectivity index (χ0n) is 28.0. The van der Waals surface area contributed by atoms with Gasteiger partial charge in [0.2, 0.25) is 0 Å². The molecule has 9 rings (SSSR count). The van der Waals surface area contributed by atoms with Crippen molar-refractivity contribution in [3.63, 3.8) is 0 Å². The van der Waals surface area contributed by atoms with Crippen molar-refractivity contribution in [1.29, 1.82) is 0 Å². The highest BCUT2D eigenvalue weighted by molar-refractivity contribution is 9.10. The van der Waals surface area contributed by atoms with Crippen LogP contribution in [-0.4, -0.2) is 0 Å². The lowest BCUT2D eigenvalue weighted by molar-refractivity contribution is 1.01. The lowest BCUT2D eigenvalue weighted by atomic mass is 9.89. The molecule has 1 aliphatic rings. The third kappa shape index (κ3) is 5.88. The van der Waals surface area contributed by atoms with Crippen molar-refractivity contribution in [3.05, 3.63) is 221 Å². The van der Waals surface area contributed by atoms with Gasteiger partial charge in [0.05, 0.1) is 5.69 Å². The number of hydrogen-bond acceptors (Lipinski definition) is 1. The summed E-state index contributed by atoms with van der Waals surface area (Å²) < 4.78 is 1.08. The largest absolute Gasteiger partial charge is 0.310 e. The van der Waals surface area contributed by atoms with Gasteiger partial charge < -0.3 is 4.90 Å². The minimum atomic E-state index is 0.181. The molecule has 8 aromatic carbocycles. The number of nitrogens with zero attached hydrogens (tertiary/aromatic N) is 1. The molecule has 0 aromatic heterocycles. The summed E-state index contributed by atoms with van der Waals surface area (Å²) in [6.45, 7) is 0. The molecule has 0 aliphatic heterocycles. The minimum absolute atomic E-state index is 0.181. The topological polar surface area (TPSA) is 3.24 Å². The Balaban J connectivity index is 1.17. The van der Waals surface area contributed by atoms with Crippen molar-refractivity contribution in [2.24, 2.45) is 0 Å². The number of rotatable bonds is 7. The average molecular weight is 717 g/mol. The van der Waals surface area contributed by atoms with Gasteiger partial charge in [-0.05, 0) is 104 Å². The molecule has 0 N–H and O–H groups in total. The first-order valence-electron chi connectivity index (χ1n) is 17.4. The minimum Gasteiger partial charge on any atom is -0.310 e. The van der Waals surface area contributed by atoms with Crippen molar-refractivity contribution in [2.45, 2.75) is 5.92 Å². The summed E-state index contributed by atoms with van der Waals surface area (Å²) in [5.74, 6) is 0.181. The van der Waals surface area contributed by atoms with Crippen LogP contribution in [0.4, 0.5) is 17.1 Å². The Morgan fingerprint density at radius 1 is 0.373 bits per heavy atom. The van der Waals surface area contributed by atoms with E-state index in [9.17, 15) is 0 Å². The lowest BCUT2D eigenvalue weighted by Crippen LogP contribution is -2.11. The fourth-order valence-electron chi connectivity index (χ4n) is 7.61. The second-order valence-corrected chi connectivity index (χ2v) is 14.0. The summed E-state index contributed by atoms with van der Waals surface area (Å²) in [4.78, 5) is 2.43. The highest BCUT2D eigenvalue weighted by atomic mass is 79.9. The van der Waals surface area contributed by atoms with Crippen molar-refractivity contribution >= 4 is 33.0 Å². The van der Waals surface area contributed by atoms with E-state index in [-0.39, 0.29) is 5.92 Å². The molecule has 242 valence electrons. The van der Waals surface area contributed by atoms with Crippen LogP contribution in [-0.2, 0) is 0 Å². The van der Waals surface area contributed by atoms with E-state index in [0.29, 0.717) is 0 Å². The fraction of sp³-hybridized carbons (Fsp3) is 0.0204. The molecule has 0 heterocycles. The van der Waals surface area contributed by atoms with E-state index in [1.165, 1.54) is 66.9 Å². The molecule has 0 spiro atoms. The number of hydrogen-bond donors (Lipinski definition) is 0. The van der Waals surface area contributed by atoms with Crippen LogP contribution in [0.15, 0.2) is 205 Å². The maximum Gasteiger partial charge on any atom is 0.0543 e. The smallest absolute Gasteiger partial charge is 0.0543 e. The molecule has 2 heteroatoms. The Bertz CT molecular complexity index is 2450. The van der Waals surface area contributed by atoms with E-state index in [2.05, 4.69) is 221 Å². The second kappa shape index (κ2) is 13.4. The molecule has 1 atom stereocenters. The van der Waals surface area contributed by atoms with E-state index < -0.39 is 0 Å². The van der Waals surface area contributed by atoms with Gasteiger partial charge in [-0.3, -0.25) is 0 Å². The van der Waals surface area contributed by atoms with Gasteiger partial charge in [0.25, 0.3) is 0 Å². The Hall–Kier alpha value is -5.96. The Morgan fingerprint density at radius 2 is 0.843 bits per heavy atom. The highest BCUT2D eigenvalue weighted by Crippen LogP contribution is 2.53. The van der Waals surface area contributed by atoms with Gasteiger partial charge in [0.1, 0.15) is 0 Å². The lowest BCUT2D eigenvalue weighted by Gasteiger charge is -2.28. The summed E-state index contributed by atoms with van der Waals surface area (Å²) in [6, 6.07) is 72.6. The predicted molar refractivity (Wildman–Crippen MR) is 218 cm³/mol. The van der Waals surface area contributed by atoms with Crippen molar-refractivity contribution < 1.29 is 0 Å². The second-order valence-electron chi connectivity index (χ2n) is 13.1. The molecule has 1 unspecified atom stereocenters. The van der Waals surface area contributed by atoms with Crippen LogP contribution in [0.2, 0.25) is 0 Å². The van der Waals surface area contributed by atoms with E-state index in [1.54, 1.807) is 0 Å². The Morgan fingerprint density at radius 3 is 1.49 bits per heavy atom. The molecule has 0 saturated heterocycles. The van der Waals surface area contributed by atoms with Gasteiger partial charge in [-0.15, -0.1) is 0 Å². The zero-order valence-corrected chi connectivity index (χ0v) is 29.5. The highest BCUT2D eigenvalue weighted by Gasteiger charge is 2.33. The summed E-state index contributed by atoms with van der Waals surface area (Å²) in [7, 11) is 0. The quantitative estimate of drug-likeness (QED) is 0.159. The van der Waals surface area contributed by atoms with Crippen LogP contribution in [0.25, 0.3) is 44.5 Å². The number of anilines is 3. The van der Waals surface area contributed by atoms with Gasteiger partial charge in [-0.25, -0.2) is 0 Å². The molecule has 0 fully saturated rings. The first-order chi connectivity index (χ1) is 25.2. The molecule has 1 nitrogen and oxygen atoms in total. The molecule has 51 heavy (non-hydrogen) atoms. The third-order valence-corrected chi connectivity index (χ3v) is 10.6. The van der Waals surface area contributed by atoms with Crippen LogP contribution in [0.1, 0.15) is 22.6 Å². The van der Waals surface area contributed by atoms with Gasteiger partial charge >= 0.3 is 0 Å². The maximum atomic E-state index is 3.57. The van der Waals surface area contributed by atoms with Crippen molar-refractivity contribution in [1.82, 2.24) is 0 Å². The molecule has 0 amide bonds. The monoisotopic (exact) mass is 715 g/mol. The Kier molecular flexibility index (Phi) is 8.16. The molecule has 0 bridgehead atoms. The van der Waals surface area contributed by atoms with E-state index >= 15 is 0 Å². The summed E-state index contributed by atoms with van der Waals surface area (Å²) in [5.41, 5.74) is 17.2. The zero-order chi connectivity index (χ0) is 34.1. The standard InChI is InChI=1S/C49H34BrN/c50-41-27-21-36(22-28-41)39-15-9-16-40(33-39)37-25-31-43(32-26-37)51(42-29-23-35(24-30-42)34-11-3-1-4-12-34)47-20-10-19-46-48(38-13-5-2-6-14-38)44-17-7-8-18-45(44)49(46)47/h1-33,48H. The average Bonchev–Trinajstić information content (AvgIpc) is 3.55. The molecular weight excluding hydrogens is 682 g/mol. The Labute approximate surface area is 308 Å². The van der Waals surface area contributed by atoms with E-state index in [4.69, 9.17) is 0 Å². The summed E-state index contributed by atoms with van der Waals surface area (Å²) in [6.07, 6.45) is 0. The van der Waals surface area contributed by atoms with Crippen LogP contribution in [0, 0.1) is 0 Å². The first kappa shape index (κ1) is 31.1. The van der Waals surface area contributed by atoms with Crippen molar-refractivity contribution in [2.75, 3.05) is 4.90 Å². The van der Waals surface area contributed by atoms with Crippen molar-refractivity contribution in [3.8, 4) is 44.5 Å². The van der Waals surface area contributed by atoms with E-state index in [0.717, 1.165) is 15.8 Å². The number of benzene rings is 8. The van der Waals surface area contributed by atoms with Gasteiger partial charge in [-0.2, -0.15) is 0 Å². The maximum absolute atomic E-state index is 3.57. The molecule has 0 radical (unpaired) electrons. The SMILES string of the molecule is Brc1ccc(-c2cccc(-c3ccc(N(c4ccc(-c5ccccc5)cc4)c4cccc5c4-c4ccccc4C5c4ccccc4)cc3)c2)cc1.